The molecule has 1 fully saturated rings. The molecule has 0 spiro atoms. The first kappa shape index (κ1) is 20.5. The monoisotopic (exact) mass is 405 g/mol. The fraction of sp³-hybridized carbons (Fsp3) is 0.421. The lowest BCUT2D eigenvalue weighted by molar-refractivity contribution is -0.386. The van der Waals surface area contributed by atoms with Crippen molar-refractivity contribution in [3.05, 3.63) is 45.9 Å². The van der Waals surface area contributed by atoms with Crippen molar-refractivity contribution in [2.45, 2.75) is 6.54 Å². The predicted molar refractivity (Wildman–Crippen MR) is 103 cm³/mol. The van der Waals surface area contributed by atoms with E-state index in [-0.39, 0.29) is 22.8 Å². The van der Waals surface area contributed by atoms with E-state index in [9.17, 15) is 14.9 Å². The van der Waals surface area contributed by atoms with Crippen LogP contribution in [0, 0.1) is 10.1 Å². The van der Waals surface area contributed by atoms with Crippen LogP contribution in [-0.4, -0.2) is 68.1 Å². The first-order valence-electron chi connectivity index (χ1n) is 9.01. The van der Waals surface area contributed by atoms with E-state index in [2.05, 4.69) is 4.90 Å². The van der Waals surface area contributed by atoms with Crippen molar-refractivity contribution < 1.29 is 28.3 Å². The molecule has 29 heavy (non-hydrogen) atoms. The molecule has 0 atom stereocenters. The number of nitro benzene ring substituents is 1. The molecule has 1 aromatic carbocycles. The fourth-order valence-corrected chi connectivity index (χ4v) is 3.39. The average Bonchev–Trinajstić information content (AvgIpc) is 3.24. The van der Waals surface area contributed by atoms with Crippen LogP contribution in [0.3, 0.4) is 0 Å². The van der Waals surface area contributed by atoms with Gasteiger partial charge in [0.15, 0.2) is 5.75 Å². The second-order valence-corrected chi connectivity index (χ2v) is 6.45. The molecular formula is C19H23N3O7. The van der Waals surface area contributed by atoms with Gasteiger partial charge in [-0.2, -0.15) is 0 Å². The van der Waals surface area contributed by atoms with Crippen molar-refractivity contribution in [1.29, 1.82) is 0 Å². The quantitative estimate of drug-likeness (QED) is 0.509. The smallest absolute Gasteiger partial charge is 0.327 e. The summed E-state index contributed by atoms with van der Waals surface area (Å²) in [7, 11) is 4.03. The molecule has 0 unspecified atom stereocenters. The molecule has 1 aromatic heterocycles. The normalized spacial score (nSPS) is 14.5. The summed E-state index contributed by atoms with van der Waals surface area (Å²) in [5.41, 5.74) is -0.530. The van der Waals surface area contributed by atoms with Gasteiger partial charge in [0.05, 0.1) is 39.1 Å². The number of piperazine rings is 1. The molecule has 0 radical (unpaired) electrons. The highest BCUT2D eigenvalue weighted by molar-refractivity contribution is 6.00. The molecule has 2 aromatic rings. The molecule has 10 heteroatoms. The van der Waals surface area contributed by atoms with Crippen molar-refractivity contribution >= 4 is 11.6 Å². The molecular weight excluding hydrogens is 382 g/mol. The SMILES string of the molecule is COc1cc(C(=O)N2CCN(Cc3ccco3)CC2)c([N+](=O)[O-])c(OC)c1OC. The van der Waals surface area contributed by atoms with E-state index in [1.54, 1.807) is 11.2 Å². The van der Waals surface area contributed by atoms with Gasteiger partial charge in [0.25, 0.3) is 5.91 Å². The Bertz CT molecular complexity index is 874. The van der Waals surface area contributed by atoms with Crippen LogP contribution >= 0.6 is 0 Å². The number of ether oxygens (including phenoxy) is 3. The average molecular weight is 405 g/mol. The molecule has 3 rings (SSSR count). The zero-order valence-corrected chi connectivity index (χ0v) is 16.5. The van der Waals surface area contributed by atoms with Gasteiger partial charge in [0.1, 0.15) is 11.3 Å². The molecule has 0 bridgehead atoms. The van der Waals surface area contributed by atoms with Gasteiger partial charge in [0, 0.05) is 32.2 Å². The van der Waals surface area contributed by atoms with Gasteiger partial charge < -0.3 is 23.5 Å². The summed E-state index contributed by atoms with van der Waals surface area (Å²) in [4.78, 5) is 28.0. The van der Waals surface area contributed by atoms with E-state index in [1.807, 2.05) is 12.1 Å². The number of carbonyl (C=O) groups is 1. The van der Waals surface area contributed by atoms with Crippen LogP contribution in [0.2, 0.25) is 0 Å². The number of nitrogens with zero attached hydrogens (tertiary/aromatic N) is 3. The summed E-state index contributed by atoms with van der Waals surface area (Å²) >= 11 is 0. The van der Waals surface area contributed by atoms with Crippen LogP contribution in [0.5, 0.6) is 17.2 Å². The van der Waals surface area contributed by atoms with E-state index in [1.165, 1.54) is 27.4 Å². The maximum absolute atomic E-state index is 13.1. The third-order valence-electron chi connectivity index (χ3n) is 4.84. The second-order valence-electron chi connectivity index (χ2n) is 6.45. The summed E-state index contributed by atoms with van der Waals surface area (Å²) in [5, 5.41) is 11.7. The lowest BCUT2D eigenvalue weighted by Gasteiger charge is -2.34. The molecule has 0 aliphatic carbocycles. The Kier molecular flexibility index (Phi) is 6.23. The number of amides is 1. The van der Waals surface area contributed by atoms with Crippen molar-refractivity contribution in [3.8, 4) is 17.2 Å². The highest BCUT2D eigenvalue weighted by Gasteiger charge is 2.35. The second kappa shape index (κ2) is 8.82. The minimum Gasteiger partial charge on any atom is -0.493 e. The van der Waals surface area contributed by atoms with Gasteiger partial charge in [-0.1, -0.05) is 0 Å². The first-order valence-corrected chi connectivity index (χ1v) is 9.01. The highest BCUT2D eigenvalue weighted by atomic mass is 16.6. The van der Waals surface area contributed by atoms with E-state index in [4.69, 9.17) is 18.6 Å². The Morgan fingerprint density at radius 3 is 2.34 bits per heavy atom. The van der Waals surface area contributed by atoms with Crippen LogP contribution in [-0.2, 0) is 6.54 Å². The summed E-state index contributed by atoms with van der Waals surface area (Å²) in [6.07, 6.45) is 1.62. The minimum atomic E-state index is -0.638. The van der Waals surface area contributed by atoms with Crippen LogP contribution in [0.1, 0.15) is 16.1 Å². The van der Waals surface area contributed by atoms with Gasteiger partial charge in [-0.3, -0.25) is 19.8 Å². The van der Waals surface area contributed by atoms with Gasteiger partial charge in [-0.05, 0) is 12.1 Å². The maximum atomic E-state index is 13.1. The number of rotatable bonds is 7. The van der Waals surface area contributed by atoms with E-state index < -0.39 is 16.5 Å². The van der Waals surface area contributed by atoms with Crippen molar-refractivity contribution in [2.75, 3.05) is 47.5 Å². The number of methoxy groups -OCH3 is 3. The fourth-order valence-electron chi connectivity index (χ4n) is 3.39. The number of benzene rings is 1. The molecule has 1 saturated heterocycles. The van der Waals surface area contributed by atoms with Crippen LogP contribution in [0.4, 0.5) is 5.69 Å². The van der Waals surface area contributed by atoms with E-state index in [0.29, 0.717) is 32.7 Å². The highest BCUT2D eigenvalue weighted by Crippen LogP contribution is 2.46. The molecule has 0 N–H and O–H groups in total. The van der Waals surface area contributed by atoms with Crippen molar-refractivity contribution in [3.63, 3.8) is 0 Å². The zero-order chi connectivity index (χ0) is 21.0. The van der Waals surface area contributed by atoms with Crippen molar-refractivity contribution in [2.24, 2.45) is 0 Å². The number of furan rings is 1. The molecule has 1 aliphatic heterocycles. The van der Waals surface area contributed by atoms with Gasteiger partial charge >= 0.3 is 5.69 Å². The molecule has 1 aliphatic rings. The Labute approximate surface area is 167 Å². The molecule has 1 amide bonds. The zero-order valence-electron chi connectivity index (χ0n) is 16.5. The van der Waals surface area contributed by atoms with Crippen LogP contribution in [0.15, 0.2) is 28.9 Å². The minimum absolute atomic E-state index is 0.0708. The van der Waals surface area contributed by atoms with E-state index in [0.717, 1.165) is 5.76 Å². The number of nitro groups is 1. The summed E-state index contributed by atoms with van der Waals surface area (Å²) in [5.74, 6) is 0.520. The Morgan fingerprint density at radius 2 is 1.83 bits per heavy atom. The topological polar surface area (TPSA) is 108 Å². The lowest BCUT2D eigenvalue weighted by Crippen LogP contribution is -2.48. The third-order valence-corrected chi connectivity index (χ3v) is 4.84. The largest absolute Gasteiger partial charge is 0.493 e. The van der Waals surface area contributed by atoms with Gasteiger partial charge in [-0.25, -0.2) is 0 Å². The first-order chi connectivity index (χ1) is 14.0. The molecule has 156 valence electrons. The van der Waals surface area contributed by atoms with Gasteiger partial charge in [0.2, 0.25) is 11.5 Å². The predicted octanol–water partition coefficient (Wildman–Crippen LogP) is 2.17. The molecule has 2 heterocycles. The maximum Gasteiger partial charge on any atom is 0.327 e. The third kappa shape index (κ3) is 4.11. The Balaban J connectivity index is 1.84. The summed E-state index contributed by atoms with van der Waals surface area (Å²) in [6, 6.07) is 5.06. The number of hydrogen-bond acceptors (Lipinski definition) is 8. The number of carbonyl (C=O) groups excluding carboxylic acids is 1. The lowest BCUT2D eigenvalue weighted by atomic mass is 10.1. The number of hydrogen-bond donors (Lipinski definition) is 0. The van der Waals surface area contributed by atoms with E-state index >= 15 is 0 Å². The van der Waals surface area contributed by atoms with Crippen molar-refractivity contribution in [1.82, 2.24) is 9.80 Å². The molecule has 10 nitrogen and oxygen atoms in total. The standard InChI is InChI=1S/C19H23N3O7/c1-26-15-11-14(16(22(24)25)18(28-3)17(15)27-2)19(23)21-8-6-20(7-9-21)12-13-5-4-10-29-13/h4-5,10-11H,6-9,12H2,1-3H3. The Morgan fingerprint density at radius 1 is 1.14 bits per heavy atom. The summed E-state index contributed by atoms with van der Waals surface area (Å²) < 4.78 is 21.0. The summed E-state index contributed by atoms with van der Waals surface area (Å²) in [6.45, 7) is 2.79. The van der Waals surface area contributed by atoms with Gasteiger partial charge in [-0.15, -0.1) is 0 Å². The Hall–Kier alpha value is -3.27. The van der Waals surface area contributed by atoms with Crippen LogP contribution < -0.4 is 14.2 Å². The molecule has 0 saturated carbocycles. The van der Waals surface area contributed by atoms with Crippen LogP contribution in [0.25, 0.3) is 0 Å².